The Labute approximate surface area is 128 Å². The number of hydrogen-bond acceptors (Lipinski definition) is 2. The maximum absolute atomic E-state index is 11.5. The van der Waals surface area contributed by atoms with E-state index in [1.54, 1.807) is 0 Å². The Morgan fingerprint density at radius 1 is 1.14 bits per heavy atom. The molecule has 0 heterocycles. The number of carbonyl (C=O) groups excluding carboxylic acids is 1. The minimum absolute atomic E-state index is 0.0257. The van der Waals surface area contributed by atoms with Gasteiger partial charge in [-0.25, -0.2) is 0 Å². The highest BCUT2D eigenvalue weighted by Crippen LogP contribution is 2.37. The van der Waals surface area contributed by atoms with Crippen molar-refractivity contribution in [3.05, 3.63) is 35.4 Å². The van der Waals surface area contributed by atoms with Crippen LogP contribution in [-0.4, -0.2) is 12.6 Å². The van der Waals surface area contributed by atoms with Crippen molar-refractivity contribution in [3.63, 3.8) is 0 Å². The number of benzene rings is 1. The molecule has 0 bridgehead atoms. The molecule has 2 rings (SSSR count). The summed E-state index contributed by atoms with van der Waals surface area (Å²) in [6.07, 6.45) is 5.30. The molecule has 1 saturated carbocycles. The first-order chi connectivity index (χ1) is 10.1. The molecule has 0 spiro atoms. The van der Waals surface area contributed by atoms with Gasteiger partial charge in [0, 0.05) is 6.42 Å². The third-order valence-corrected chi connectivity index (χ3v) is 4.68. The average Bonchev–Trinajstić information content (AvgIpc) is 2.48. The van der Waals surface area contributed by atoms with Crippen LogP contribution < -0.4 is 0 Å². The zero-order chi connectivity index (χ0) is 15.2. The average molecular weight is 288 g/mol. The van der Waals surface area contributed by atoms with E-state index in [1.165, 1.54) is 24.0 Å². The van der Waals surface area contributed by atoms with Crippen molar-refractivity contribution in [2.45, 2.75) is 64.7 Å². The van der Waals surface area contributed by atoms with Gasteiger partial charge in [0.15, 0.2) is 0 Å². The number of carbonyl (C=O) groups is 1. The molecule has 0 unspecified atom stereocenters. The Hall–Kier alpha value is -1.31. The molecular formula is C19H28O2. The van der Waals surface area contributed by atoms with E-state index < -0.39 is 0 Å². The fraction of sp³-hybridized carbons (Fsp3) is 0.632. The van der Waals surface area contributed by atoms with Crippen LogP contribution in [0.3, 0.4) is 0 Å². The fourth-order valence-electron chi connectivity index (χ4n) is 3.31. The van der Waals surface area contributed by atoms with E-state index in [1.807, 2.05) is 6.92 Å². The molecule has 0 N–H and O–H groups in total. The Morgan fingerprint density at radius 3 is 2.29 bits per heavy atom. The summed E-state index contributed by atoms with van der Waals surface area (Å²) in [5.41, 5.74) is 2.88. The smallest absolute Gasteiger partial charge is 0.306 e. The molecule has 0 amide bonds. The Morgan fingerprint density at radius 2 is 1.76 bits per heavy atom. The first-order valence-electron chi connectivity index (χ1n) is 8.35. The lowest BCUT2D eigenvalue weighted by Gasteiger charge is -2.28. The van der Waals surface area contributed by atoms with Gasteiger partial charge in [-0.1, -0.05) is 38.1 Å². The van der Waals surface area contributed by atoms with E-state index in [0.717, 1.165) is 12.8 Å². The highest BCUT2D eigenvalue weighted by molar-refractivity contribution is 5.69. The van der Waals surface area contributed by atoms with Crippen LogP contribution in [-0.2, 0) is 9.53 Å². The Kier molecular flexibility index (Phi) is 5.84. The molecule has 21 heavy (non-hydrogen) atoms. The molecule has 2 heteroatoms. The van der Waals surface area contributed by atoms with E-state index >= 15 is 0 Å². The van der Waals surface area contributed by atoms with Crippen molar-refractivity contribution in [2.24, 2.45) is 5.92 Å². The number of ether oxygens (including phenoxy) is 1. The van der Waals surface area contributed by atoms with Gasteiger partial charge in [-0.2, -0.15) is 0 Å². The molecule has 0 saturated heterocycles. The summed E-state index contributed by atoms with van der Waals surface area (Å²) < 4.78 is 5.05. The van der Waals surface area contributed by atoms with Crippen LogP contribution >= 0.6 is 0 Å². The quantitative estimate of drug-likeness (QED) is 0.710. The normalized spacial score (nSPS) is 22.3. The van der Waals surface area contributed by atoms with Gasteiger partial charge in [0.2, 0.25) is 0 Å². The maximum Gasteiger partial charge on any atom is 0.306 e. The van der Waals surface area contributed by atoms with Crippen molar-refractivity contribution in [1.82, 2.24) is 0 Å². The van der Waals surface area contributed by atoms with E-state index in [4.69, 9.17) is 4.74 Å². The SMILES string of the molecule is CCOC(=O)CC1CCC(c2ccc(C(C)C)cc2)CC1. The minimum Gasteiger partial charge on any atom is -0.466 e. The van der Waals surface area contributed by atoms with Crippen molar-refractivity contribution in [1.29, 1.82) is 0 Å². The van der Waals surface area contributed by atoms with E-state index in [-0.39, 0.29) is 5.97 Å². The lowest BCUT2D eigenvalue weighted by Crippen LogP contribution is -2.17. The van der Waals surface area contributed by atoms with Gasteiger partial charge in [-0.15, -0.1) is 0 Å². The van der Waals surface area contributed by atoms with Gasteiger partial charge >= 0.3 is 5.97 Å². The number of esters is 1. The zero-order valence-electron chi connectivity index (χ0n) is 13.6. The summed E-state index contributed by atoms with van der Waals surface area (Å²) in [5.74, 6) is 1.77. The fourth-order valence-corrected chi connectivity index (χ4v) is 3.31. The molecule has 0 radical (unpaired) electrons. The topological polar surface area (TPSA) is 26.3 Å². The standard InChI is InChI=1S/C19H28O2/c1-4-21-19(20)13-15-5-7-17(8-6-15)18-11-9-16(10-12-18)14(2)3/h9-12,14-15,17H,4-8,13H2,1-3H3. The summed E-state index contributed by atoms with van der Waals surface area (Å²) in [6.45, 7) is 6.83. The Bertz CT molecular complexity index is 439. The first-order valence-corrected chi connectivity index (χ1v) is 8.35. The second kappa shape index (κ2) is 7.63. The molecular weight excluding hydrogens is 260 g/mol. The predicted molar refractivity (Wildman–Crippen MR) is 86.5 cm³/mol. The van der Waals surface area contributed by atoms with Crippen LogP contribution in [0.2, 0.25) is 0 Å². The predicted octanol–water partition coefficient (Wildman–Crippen LogP) is 5.04. The van der Waals surface area contributed by atoms with E-state index in [9.17, 15) is 4.79 Å². The summed E-state index contributed by atoms with van der Waals surface area (Å²) >= 11 is 0. The largest absolute Gasteiger partial charge is 0.466 e. The van der Waals surface area contributed by atoms with Crippen LogP contribution in [0.1, 0.15) is 75.8 Å². The molecule has 1 aliphatic rings. The van der Waals surface area contributed by atoms with E-state index in [0.29, 0.717) is 30.8 Å². The minimum atomic E-state index is -0.0257. The molecule has 0 aliphatic heterocycles. The van der Waals surface area contributed by atoms with Gasteiger partial charge in [0.25, 0.3) is 0 Å². The van der Waals surface area contributed by atoms with Crippen LogP contribution in [0.15, 0.2) is 24.3 Å². The molecule has 1 aliphatic carbocycles. The van der Waals surface area contributed by atoms with Gasteiger partial charge in [-0.05, 0) is 61.5 Å². The zero-order valence-corrected chi connectivity index (χ0v) is 13.6. The monoisotopic (exact) mass is 288 g/mol. The van der Waals surface area contributed by atoms with Crippen molar-refractivity contribution < 1.29 is 9.53 Å². The van der Waals surface area contributed by atoms with Gasteiger partial charge < -0.3 is 4.74 Å². The van der Waals surface area contributed by atoms with Crippen LogP contribution in [0, 0.1) is 5.92 Å². The second-order valence-corrected chi connectivity index (χ2v) is 6.55. The molecule has 1 aromatic carbocycles. The van der Waals surface area contributed by atoms with Crippen molar-refractivity contribution >= 4 is 5.97 Å². The van der Waals surface area contributed by atoms with Crippen molar-refractivity contribution in [3.8, 4) is 0 Å². The van der Waals surface area contributed by atoms with Crippen LogP contribution in [0.4, 0.5) is 0 Å². The molecule has 2 nitrogen and oxygen atoms in total. The highest BCUT2D eigenvalue weighted by Gasteiger charge is 2.24. The van der Waals surface area contributed by atoms with Crippen LogP contribution in [0.5, 0.6) is 0 Å². The molecule has 1 fully saturated rings. The molecule has 1 aromatic rings. The lowest BCUT2D eigenvalue weighted by molar-refractivity contribution is -0.144. The summed E-state index contributed by atoms with van der Waals surface area (Å²) in [6, 6.07) is 9.13. The molecule has 0 aromatic heterocycles. The Balaban J connectivity index is 1.84. The summed E-state index contributed by atoms with van der Waals surface area (Å²) in [4.78, 5) is 11.5. The third kappa shape index (κ3) is 4.59. The molecule has 0 atom stereocenters. The maximum atomic E-state index is 11.5. The summed E-state index contributed by atoms with van der Waals surface area (Å²) in [5, 5.41) is 0. The molecule has 116 valence electrons. The third-order valence-electron chi connectivity index (χ3n) is 4.68. The van der Waals surface area contributed by atoms with Crippen molar-refractivity contribution in [2.75, 3.05) is 6.61 Å². The highest BCUT2D eigenvalue weighted by atomic mass is 16.5. The number of rotatable bonds is 5. The van der Waals surface area contributed by atoms with Gasteiger partial charge in [-0.3, -0.25) is 4.79 Å². The number of hydrogen-bond donors (Lipinski definition) is 0. The van der Waals surface area contributed by atoms with Gasteiger partial charge in [0.1, 0.15) is 0 Å². The first kappa shape index (κ1) is 16.1. The van der Waals surface area contributed by atoms with Gasteiger partial charge in [0.05, 0.1) is 6.61 Å². The summed E-state index contributed by atoms with van der Waals surface area (Å²) in [7, 11) is 0. The second-order valence-electron chi connectivity index (χ2n) is 6.55. The van der Waals surface area contributed by atoms with E-state index in [2.05, 4.69) is 38.1 Å². The lowest BCUT2D eigenvalue weighted by atomic mass is 9.77. The van der Waals surface area contributed by atoms with Crippen LogP contribution in [0.25, 0.3) is 0 Å².